The highest BCUT2D eigenvalue weighted by Crippen LogP contribution is 2.16. The third kappa shape index (κ3) is 4.80. The second-order valence-corrected chi connectivity index (χ2v) is 5.12. The Balaban J connectivity index is 0.000000200. The van der Waals surface area contributed by atoms with Gasteiger partial charge in [0.05, 0.1) is 17.4 Å². The molecule has 6 nitrogen and oxygen atoms in total. The van der Waals surface area contributed by atoms with Crippen LogP contribution in [0.5, 0.6) is 0 Å². The zero-order chi connectivity index (χ0) is 14.3. The summed E-state index contributed by atoms with van der Waals surface area (Å²) in [5.74, 6) is -0.198. The van der Waals surface area contributed by atoms with Crippen LogP contribution >= 0.6 is 15.9 Å². The molecule has 0 aromatic carbocycles. The van der Waals surface area contributed by atoms with E-state index >= 15 is 0 Å². The number of nitrogens with zero attached hydrogens (tertiary/aromatic N) is 2. The molecule has 2 aliphatic heterocycles. The molecule has 2 aliphatic rings. The fourth-order valence-corrected chi connectivity index (χ4v) is 2.53. The number of rotatable bonds is 2. The first-order valence-electron chi connectivity index (χ1n) is 6.38. The Hall–Kier alpha value is -1.13. The van der Waals surface area contributed by atoms with Crippen molar-refractivity contribution in [3.8, 4) is 6.07 Å². The van der Waals surface area contributed by atoms with Gasteiger partial charge in [-0.2, -0.15) is 5.26 Å². The van der Waals surface area contributed by atoms with E-state index in [-0.39, 0.29) is 23.9 Å². The van der Waals surface area contributed by atoms with Crippen LogP contribution in [-0.4, -0.2) is 47.2 Å². The lowest BCUT2D eigenvalue weighted by molar-refractivity contribution is -0.128. The maximum Gasteiger partial charge on any atom is 0.234 e. The smallest absolute Gasteiger partial charge is 0.234 e. The van der Waals surface area contributed by atoms with Crippen LogP contribution in [0.3, 0.4) is 0 Å². The van der Waals surface area contributed by atoms with Crippen LogP contribution in [0, 0.1) is 11.3 Å². The average Bonchev–Trinajstić information content (AvgIpc) is 3.08. The Morgan fingerprint density at radius 3 is 2.58 bits per heavy atom. The summed E-state index contributed by atoms with van der Waals surface area (Å²) in [7, 11) is 0. The number of nitrogens with one attached hydrogen (secondary N) is 1. The Bertz CT molecular complexity index is 363. The number of nitrogens with two attached hydrogens (primary N) is 1. The molecule has 2 amide bonds. The van der Waals surface area contributed by atoms with E-state index < -0.39 is 0 Å². The lowest BCUT2D eigenvalue weighted by atomic mass is 10.2. The molecule has 0 aromatic rings. The van der Waals surface area contributed by atoms with Crippen molar-refractivity contribution in [2.45, 2.75) is 37.8 Å². The summed E-state index contributed by atoms with van der Waals surface area (Å²) < 4.78 is 0. The van der Waals surface area contributed by atoms with Crippen molar-refractivity contribution in [2.24, 2.45) is 5.73 Å². The zero-order valence-electron chi connectivity index (χ0n) is 10.8. The lowest BCUT2D eigenvalue weighted by Gasteiger charge is -2.17. The molecule has 2 fully saturated rings. The van der Waals surface area contributed by atoms with Gasteiger partial charge in [0, 0.05) is 6.54 Å². The Kier molecular flexibility index (Phi) is 6.81. The molecule has 2 heterocycles. The van der Waals surface area contributed by atoms with E-state index in [9.17, 15) is 9.59 Å². The highest BCUT2D eigenvalue weighted by molar-refractivity contribution is 9.09. The molecule has 0 radical (unpaired) electrons. The van der Waals surface area contributed by atoms with Crippen LogP contribution in [0.1, 0.15) is 25.7 Å². The van der Waals surface area contributed by atoms with Gasteiger partial charge in [-0.1, -0.05) is 15.9 Å². The molecule has 3 N–H and O–H groups in total. The second-order valence-electron chi connectivity index (χ2n) is 4.56. The molecule has 0 aliphatic carbocycles. The van der Waals surface area contributed by atoms with Crippen LogP contribution < -0.4 is 11.1 Å². The third-order valence-electron chi connectivity index (χ3n) is 3.24. The first-order chi connectivity index (χ1) is 9.10. The highest BCUT2D eigenvalue weighted by atomic mass is 79.9. The van der Waals surface area contributed by atoms with E-state index in [4.69, 9.17) is 11.0 Å². The number of carbonyl (C=O) groups is 2. The number of alkyl halides is 1. The molecule has 106 valence electrons. The van der Waals surface area contributed by atoms with Crippen LogP contribution in [-0.2, 0) is 9.59 Å². The second kappa shape index (κ2) is 8.12. The molecular weight excluding hydrogens is 312 g/mol. The molecule has 0 aromatic heterocycles. The van der Waals surface area contributed by atoms with E-state index in [0.717, 1.165) is 38.8 Å². The van der Waals surface area contributed by atoms with Crippen molar-refractivity contribution in [3.05, 3.63) is 0 Å². The number of hydrogen-bond donors (Lipinski definition) is 2. The van der Waals surface area contributed by atoms with Crippen molar-refractivity contribution >= 4 is 27.7 Å². The summed E-state index contributed by atoms with van der Waals surface area (Å²) in [6, 6.07) is 1.89. The number of primary amides is 1. The maximum atomic E-state index is 11.1. The van der Waals surface area contributed by atoms with E-state index in [1.165, 1.54) is 0 Å². The van der Waals surface area contributed by atoms with Crippen molar-refractivity contribution in [1.29, 1.82) is 5.26 Å². The van der Waals surface area contributed by atoms with Crippen molar-refractivity contribution in [2.75, 3.05) is 18.4 Å². The fourth-order valence-electron chi connectivity index (χ4n) is 2.20. The quantitative estimate of drug-likeness (QED) is 0.702. The van der Waals surface area contributed by atoms with E-state index in [1.54, 1.807) is 4.90 Å². The highest BCUT2D eigenvalue weighted by Gasteiger charge is 2.27. The van der Waals surface area contributed by atoms with Gasteiger partial charge in [0.1, 0.15) is 6.04 Å². The van der Waals surface area contributed by atoms with Crippen LogP contribution in [0.15, 0.2) is 0 Å². The predicted octanol–water partition coefficient (Wildman–Crippen LogP) is 0.120. The van der Waals surface area contributed by atoms with E-state index in [2.05, 4.69) is 27.3 Å². The first kappa shape index (κ1) is 15.9. The minimum absolute atomic E-state index is 0.0223. The molecule has 2 saturated heterocycles. The maximum absolute atomic E-state index is 11.1. The third-order valence-corrected chi connectivity index (χ3v) is 3.72. The number of likely N-dealkylation sites (tertiary alicyclic amines) is 1. The largest absolute Gasteiger partial charge is 0.368 e. The number of halogens is 1. The van der Waals surface area contributed by atoms with Gasteiger partial charge in [-0.25, -0.2) is 0 Å². The molecule has 2 atom stereocenters. The minimum atomic E-state index is -0.220. The monoisotopic (exact) mass is 330 g/mol. The lowest BCUT2D eigenvalue weighted by Crippen LogP contribution is -2.36. The molecule has 7 heteroatoms. The topological polar surface area (TPSA) is 99.2 Å². The molecule has 0 saturated carbocycles. The molecule has 2 rings (SSSR count). The van der Waals surface area contributed by atoms with Crippen molar-refractivity contribution in [3.63, 3.8) is 0 Å². The van der Waals surface area contributed by atoms with Crippen LogP contribution in [0.2, 0.25) is 0 Å². The van der Waals surface area contributed by atoms with Gasteiger partial charge in [-0.3, -0.25) is 9.59 Å². The number of carbonyl (C=O) groups excluding carboxylic acids is 2. The van der Waals surface area contributed by atoms with E-state index in [1.807, 2.05) is 0 Å². The molecule has 0 bridgehead atoms. The number of nitriles is 1. The van der Waals surface area contributed by atoms with Crippen LogP contribution in [0.4, 0.5) is 0 Å². The fraction of sp³-hybridized carbons (Fsp3) is 0.750. The van der Waals surface area contributed by atoms with Gasteiger partial charge >= 0.3 is 0 Å². The number of hydrogen-bond acceptors (Lipinski definition) is 4. The number of amides is 2. The van der Waals surface area contributed by atoms with Gasteiger partial charge in [0.25, 0.3) is 0 Å². The minimum Gasteiger partial charge on any atom is -0.368 e. The van der Waals surface area contributed by atoms with Crippen LogP contribution in [0.25, 0.3) is 0 Å². The normalized spacial score (nSPS) is 25.4. The van der Waals surface area contributed by atoms with Gasteiger partial charge in [0.15, 0.2) is 0 Å². The van der Waals surface area contributed by atoms with Crippen molar-refractivity contribution < 1.29 is 9.59 Å². The molecule has 0 spiro atoms. The summed E-state index contributed by atoms with van der Waals surface area (Å²) in [5, 5.41) is 11.9. The molecule has 19 heavy (non-hydrogen) atoms. The standard InChI is InChI=1S/C7H9BrN2O.C5H10N2O/c8-4-7(11)10-3-1-2-6(10)5-9;6-5(8)4-2-1-3-7-4/h6H,1-4H2;4,7H,1-3H2,(H2,6,8)/t6-;4-/m00/s1. The molecular formula is C12H19BrN4O2. The Morgan fingerprint density at radius 1 is 1.42 bits per heavy atom. The molecule has 0 unspecified atom stereocenters. The van der Waals surface area contributed by atoms with E-state index in [0.29, 0.717) is 5.33 Å². The van der Waals surface area contributed by atoms with Gasteiger partial charge < -0.3 is 16.0 Å². The Labute approximate surface area is 121 Å². The summed E-state index contributed by atoms with van der Waals surface area (Å²) in [6.07, 6.45) is 3.77. The van der Waals surface area contributed by atoms with Gasteiger partial charge in [0.2, 0.25) is 11.8 Å². The SMILES string of the molecule is N#C[C@@H]1CCCN1C(=O)CBr.NC(=O)[C@@H]1CCCN1. The van der Waals surface area contributed by atoms with Gasteiger partial charge in [-0.15, -0.1) is 0 Å². The summed E-state index contributed by atoms with van der Waals surface area (Å²) in [4.78, 5) is 23.1. The zero-order valence-corrected chi connectivity index (χ0v) is 12.4. The Morgan fingerprint density at radius 2 is 2.16 bits per heavy atom. The van der Waals surface area contributed by atoms with Crippen molar-refractivity contribution in [1.82, 2.24) is 10.2 Å². The summed E-state index contributed by atoms with van der Waals surface area (Å²) >= 11 is 3.08. The summed E-state index contributed by atoms with van der Waals surface area (Å²) in [6.45, 7) is 1.68. The average molecular weight is 331 g/mol. The predicted molar refractivity (Wildman–Crippen MR) is 74.4 cm³/mol. The summed E-state index contributed by atoms with van der Waals surface area (Å²) in [5.41, 5.74) is 5.00. The van der Waals surface area contributed by atoms with Gasteiger partial charge in [-0.05, 0) is 32.2 Å². The first-order valence-corrected chi connectivity index (χ1v) is 7.50.